The van der Waals surface area contributed by atoms with Crippen molar-refractivity contribution in [2.75, 3.05) is 25.6 Å². The molecule has 0 bridgehead atoms. The average Bonchev–Trinajstić information content (AvgIpc) is 2.70. The Labute approximate surface area is 162 Å². The summed E-state index contributed by atoms with van der Waals surface area (Å²) >= 11 is 0. The zero-order valence-electron chi connectivity index (χ0n) is 15.7. The number of ether oxygens (including phenoxy) is 3. The van der Waals surface area contributed by atoms with Gasteiger partial charge in [0.15, 0.2) is 6.61 Å². The molecule has 0 fully saturated rings. The van der Waals surface area contributed by atoms with E-state index in [1.807, 2.05) is 6.92 Å². The molecule has 0 aromatic heterocycles. The van der Waals surface area contributed by atoms with Crippen molar-refractivity contribution in [1.29, 1.82) is 0 Å². The number of rotatable bonds is 9. The van der Waals surface area contributed by atoms with E-state index in [0.717, 1.165) is 0 Å². The molecule has 0 aliphatic heterocycles. The van der Waals surface area contributed by atoms with Crippen molar-refractivity contribution in [2.45, 2.75) is 13.5 Å². The summed E-state index contributed by atoms with van der Waals surface area (Å²) < 4.78 is 15.6. The van der Waals surface area contributed by atoms with Gasteiger partial charge in [-0.25, -0.2) is 4.79 Å². The third-order valence-corrected chi connectivity index (χ3v) is 3.77. The first-order valence-corrected chi connectivity index (χ1v) is 8.56. The summed E-state index contributed by atoms with van der Waals surface area (Å²) in [6, 6.07) is 10.8. The van der Waals surface area contributed by atoms with Crippen LogP contribution in [0, 0.1) is 0 Å². The van der Waals surface area contributed by atoms with E-state index in [0.29, 0.717) is 35.8 Å². The normalized spacial score (nSPS) is 10.2. The van der Waals surface area contributed by atoms with Crippen molar-refractivity contribution >= 4 is 23.5 Å². The van der Waals surface area contributed by atoms with Gasteiger partial charge >= 0.3 is 5.97 Å². The number of hydrogen-bond acceptors (Lipinski definition) is 6. The van der Waals surface area contributed by atoms with Crippen LogP contribution in [0.15, 0.2) is 42.5 Å². The lowest BCUT2D eigenvalue weighted by molar-refractivity contribution is -0.119. The lowest BCUT2D eigenvalue weighted by atomic mass is 10.1. The largest absolute Gasteiger partial charge is 0.496 e. The third kappa shape index (κ3) is 5.82. The molecule has 28 heavy (non-hydrogen) atoms. The molecule has 0 radical (unpaired) electrons. The number of nitrogens with two attached hydrogens (primary N) is 1. The van der Waals surface area contributed by atoms with E-state index in [4.69, 9.17) is 19.9 Å². The van der Waals surface area contributed by atoms with Gasteiger partial charge in [-0.05, 0) is 49.4 Å². The van der Waals surface area contributed by atoms with Gasteiger partial charge in [-0.15, -0.1) is 0 Å². The van der Waals surface area contributed by atoms with Crippen LogP contribution in [0.1, 0.15) is 33.2 Å². The number of amides is 2. The minimum absolute atomic E-state index is 0.286. The number of nitrogens with one attached hydrogen (secondary N) is 1. The summed E-state index contributed by atoms with van der Waals surface area (Å²) in [6.45, 7) is 2.23. The highest BCUT2D eigenvalue weighted by Gasteiger charge is 2.14. The molecule has 0 atom stereocenters. The first kappa shape index (κ1) is 20.9. The summed E-state index contributed by atoms with van der Waals surface area (Å²) in [5, 5.41) is 2.56. The van der Waals surface area contributed by atoms with E-state index in [1.165, 1.54) is 31.4 Å². The fraction of sp³-hybridized carbons (Fsp3) is 0.250. The first-order chi connectivity index (χ1) is 13.4. The molecule has 148 valence electrons. The second-order valence-corrected chi connectivity index (χ2v) is 5.73. The molecule has 0 aliphatic rings. The molecule has 2 aromatic carbocycles. The summed E-state index contributed by atoms with van der Waals surface area (Å²) in [7, 11) is 1.53. The molecule has 0 spiro atoms. The molecule has 3 N–H and O–H groups in total. The Morgan fingerprint density at radius 2 is 1.71 bits per heavy atom. The van der Waals surface area contributed by atoms with Gasteiger partial charge < -0.3 is 25.3 Å². The lowest BCUT2D eigenvalue weighted by Crippen LogP contribution is -2.21. The van der Waals surface area contributed by atoms with Gasteiger partial charge in [-0.1, -0.05) is 0 Å². The Hall–Kier alpha value is -3.39. The monoisotopic (exact) mass is 386 g/mol. The standard InChI is InChI=1S/C20H22N2O6/c1-3-27-11-15-10-14(6-9-17(15)26-2)20(25)28-12-18(23)22-16-7-4-13(5-8-16)19(21)24/h4-10H,3,11-12H2,1-2H3,(H2,21,24)(H,22,23). The quantitative estimate of drug-likeness (QED) is 0.638. The molecule has 0 saturated heterocycles. The SMILES string of the molecule is CCOCc1cc(C(=O)OCC(=O)Nc2ccc(C(N)=O)cc2)ccc1OC. The van der Waals surface area contributed by atoms with Gasteiger partial charge in [-0.2, -0.15) is 0 Å². The van der Waals surface area contributed by atoms with Crippen molar-refractivity contribution in [3.8, 4) is 5.75 Å². The van der Waals surface area contributed by atoms with Crippen molar-refractivity contribution < 1.29 is 28.6 Å². The molecular weight excluding hydrogens is 364 g/mol. The van der Waals surface area contributed by atoms with Crippen LogP contribution in [0.3, 0.4) is 0 Å². The van der Waals surface area contributed by atoms with E-state index < -0.39 is 24.4 Å². The smallest absolute Gasteiger partial charge is 0.338 e. The second-order valence-electron chi connectivity index (χ2n) is 5.73. The number of esters is 1. The third-order valence-electron chi connectivity index (χ3n) is 3.77. The van der Waals surface area contributed by atoms with Crippen molar-refractivity contribution in [3.63, 3.8) is 0 Å². The molecule has 2 rings (SSSR count). The maximum absolute atomic E-state index is 12.2. The Kier molecular flexibility index (Phi) is 7.53. The van der Waals surface area contributed by atoms with E-state index in [-0.39, 0.29) is 5.56 Å². The maximum Gasteiger partial charge on any atom is 0.338 e. The van der Waals surface area contributed by atoms with Gasteiger partial charge in [0.1, 0.15) is 5.75 Å². The van der Waals surface area contributed by atoms with Crippen molar-refractivity contribution in [3.05, 3.63) is 59.2 Å². The minimum Gasteiger partial charge on any atom is -0.496 e. The minimum atomic E-state index is -0.639. The molecule has 8 nitrogen and oxygen atoms in total. The molecule has 2 aromatic rings. The highest BCUT2D eigenvalue weighted by Crippen LogP contribution is 2.21. The van der Waals surface area contributed by atoms with Gasteiger partial charge in [-0.3, -0.25) is 9.59 Å². The Morgan fingerprint density at radius 1 is 1.04 bits per heavy atom. The molecule has 0 saturated carbocycles. The van der Waals surface area contributed by atoms with Crippen LogP contribution >= 0.6 is 0 Å². The average molecular weight is 386 g/mol. The van der Waals surface area contributed by atoms with E-state index in [2.05, 4.69) is 5.32 Å². The summed E-state index contributed by atoms with van der Waals surface area (Å²) in [4.78, 5) is 35.2. The lowest BCUT2D eigenvalue weighted by Gasteiger charge is -2.11. The van der Waals surface area contributed by atoms with Gasteiger partial charge in [0, 0.05) is 23.4 Å². The van der Waals surface area contributed by atoms with Crippen LogP contribution in [0.25, 0.3) is 0 Å². The molecule has 2 amide bonds. The highest BCUT2D eigenvalue weighted by atomic mass is 16.5. The van der Waals surface area contributed by atoms with Crippen molar-refractivity contribution in [1.82, 2.24) is 0 Å². The van der Waals surface area contributed by atoms with Crippen LogP contribution < -0.4 is 15.8 Å². The van der Waals surface area contributed by atoms with Crippen LogP contribution in [0.5, 0.6) is 5.75 Å². The van der Waals surface area contributed by atoms with Gasteiger partial charge in [0.2, 0.25) is 5.91 Å². The summed E-state index contributed by atoms with van der Waals surface area (Å²) in [6.07, 6.45) is 0. The number of hydrogen-bond donors (Lipinski definition) is 2. The summed E-state index contributed by atoms with van der Waals surface area (Å²) in [5.41, 5.74) is 6.93. The highest BCUT2D eigenvalue weighted by molar-refractivity contribution is 5.96. The summed E-state index contributed by atoms with van der Waals surface area (Å²) in [5.74, 6) is -1.11. The number of benzene rings is 2. The van der Waals surface area contributed by atoms with Gasteiger partial charge in [0.25, 0.3) is 5.91 Å². The fourth-order valence-electron chi connectivity index (χ4n) is 2.36. The molecule has 0 aliphatic carbocycles. The van der Waals surface area contributed by atoms with Crippen LogP contribution in [0.2, 0.25) is 0 Å². The molecule has 8 heteroatoms. The van der Waals surface area contributed by atoms with Crippen LogP contribution in [-0.2, 0) is 20.9 Å². The number of anilines is 1. The number of carbonyl (C=O) groups excluding carboxylic acids is 3. The Balaban J connectivity index is 1.93. The van der Waals surface area contributed by atoms with Crippen molar-refractivity contribution in [2.24, 2.45) is 5.73 Å². The zero-order chi connectivity index (χ0) is 20.5. The Morgan fingerprint density at radius 3 is 2.32 bits per heavy atom. The second kappa shape index (κ2) is 10.1. The number of methoxy groups -OCH3 is 1. The number of carbonyl (C=O) groups is 3. The molecular formula is C20H22N2O6. The first-order valence-electron chi connectivity index (χ1n) is 8.56. The van der Waals surface area contributed by atoms with E-state index in [1.54, 1.807) is 18.2 Å². The maximum atomic E-state index is 12.2. The topological polar surface area (TPSA) is 117 Å². The van der Waals surface area contributed by atoms with Crippen LogP contribution in [-0.4, -0.2) is 38.1 Å². The molecule has 0 heterocycles. The van der Waals surface area contributed by atoms with Crippen LogP contribution in [0.4, 0.5) is 5.69 Å². The predicted octanol–water partition coefficient (Wildman–Crippen LogP) is 2.13. The predicted molar refractivity (Wildman–Crippen MR) is 102 cm³/mol. The fourth-order valence-corrected chi connectivity index (χ4v) is 2.36. The Bertz CT molecular complexity index is 848. The molecule has 0 unspecified atom stereocenters. The van der Waals surface area contributed by atoms with E-state index in [9.17, 15) is 14.4 Å². The van der Waals surface area contributed by atoms with Gasteiger partial charge in [0.05, 0.1) is 19.3 Å². The van der Waals surface area contributed by atoms with E-state index >= 15 is 0 Å². The number of primary amides is 1. The zero-order valence-corrected chi connectivity index (χ0v) is 15.7.